The van der Waals surface area contributed by atoms with Gasteiger partial charge in [-0.05, 0) is 43.7 Å². The Balaban J connectivity index is 2.26. The van der Waals surface area contributed by atoms with Crippen LogP contribution in [0.1, 0.15) is 11.3 Å². The number of rotatable bonds is 2. The SMILES string of the molecule is Cc1ccc(N)c(Oc2ccc(C)nc2)c1. The quantitative estimate of drug-likeness (QED) is 0.781. The lowest BCUT2D eigenvalue weighted by molar-refractivity contribution is 0.482. The molecule has 0 spiro atoms. The van der Waals surface area contributed by atoms with Gasteiger partial charge >= 0.3 is 0 Å². The number of aromatic nitrogens is 1. The zero-order chi connectivity index (χ0) is 11.5. The van der Waals surface area contributed by atoms with Crippen molar-refractivity contribution in [2.45, 2.75) is 13.8 Å². The van der Waals surface area contributed by atoms with Gasteiger partial charge in [-0.2, -0.15) is 0 Å². The van der Waals surface area contributed by atoms with E-state index < -0.39 is 0 Å². The zero-order valence-electron chi connectivity index (χ0n) is 9.40. The summed E-state index contributed by atoms with van der Waals surface area (Å²) in [5.74, 6) is 1.37. The minimum atomic E-state index is 0.631. The van der Waals surface area contributed by atoms with Gasteiger partial charge in [0.25, 0.3) is 0 Å². The van der Waals surface area contributed by atoms with Crippen LogP contribution in [0.15, 0.2) is 36.5 Å². The largest absolute Gasteiger partial charge is 0.454 e. The Labute approximate surface area is 94.9 Å². The summed E-state index contributed by atoms with van der Waals surface area (Å²) in [6, 6.07) is 9.49. The van der Waals surface area contributed by atoms with Crippen LogP contribution in [-0.4, -0.2) is 4.98 Å². The third kappa shape index (κ3) is 2.31. The highest BCUT2D eigenvalue weighted by Crippen LogP contribution is 2.27. The predicted molar refractivity (Wildman–Crippen MR) is 64.6 cm³/mol. The van der Waals surface area contributed by atoms with Crippen molar-refractivity contribution >= 4 is 5.69 Å². The fraction of sp³-hybridized carbons (Fsp3) is 0.154. The molecule has 2 N–H and O–H groups in total. The van der Waals surface area contributed by atoms with Crippen LogP contribution in [0, 0.1) is 13.8 Å². The van der Waals surface area contributed by atoms with Crippen LogP contribution >= 0.6 is 0 Å². The summed E-state index contributed by atoms with van der Waals surface area (Å²) in [6.45, 7) is 3.94. The lowest BCUT2D eigenvalue weighted by Gasteiger charge is -2.08. The number of anilines is 1. The predicted octanol–water partition coefficient (Wildman–Crippen LogP) is 3.07. The maximum atomic E-state index is 5.82. The van der Waals surface area contributed by atoms with Gasteiger partial charge in [0.2, 0.25) is 0 Å². The molecule has 0 amide bonds. The van der Waals surface area contributed by atoms with Gasteiger partial charge in [-0.15, -0.1) is 0 Å². The smallest absolute Gasteiger partial charge is 0.150 e. The first kappa shape index (κ1) is 10.5. The topological polar surface area (TPSA) is 48.1 Å². The van der Waals surface area contributed by atoms with E-state index in [0.717, 1.165) is 11.3 Å². The van der Waals surface area contributed by atoms with Crippen LogP contribution < -0.4 is 10.5 Å². The summed E-state index contributed by atoms with van der Waals surface area (Å²) in [5, 5.41) is 0. The summed E-state index contributed by atoms with van der Waals surface area (Å²) in [4.78, 5) is 4.16. The molecule has 3 nitrogen and oxygen atoms in total. The average Bonchev–Trinajstić information content (AvgIpc) is 2.27. The van der Waals surface area contributed by atoms with Crippen molar-refractivity contribution in [2.75, 3.05) is 5.73 Å². The van der Waals surface area contributed by atoms with Crippen LogP contribution in [0.3, 0.4) is 0 Å². The Morgan fingerprint density at radius 1 is 1.12 bits per heavy atom. The van der Waals surface area contributed by atoms with E-state index in [2.05, 4.69) is 4.98 Å². The van der Waals surface area contributed by atoms with Crippen LogP contribution in [0.5, 0.6) is 11.5 Å². The van der Waals surface area contributed by atoms with E-state index in [1.807, 2.05) is 44.2 Å². The molecule has 16 heavy (non-hydrogen) atoms. The van der Waals surface area contributed by atoms with Crippen LogP contribution in [0.4, 0.5) is 5.69 Å². The average molecular weight is 214 g/mol. The van der Waals surface area contributed by atoms with Crippen molar-refractivity contribution in [1.82, 2.24) is 4.98 Å². The van der Waals surface area contributed by atoms with Crippen molar-refractivity contribution in [3.63, 3.8) is 0 Å². The van der Waals surface area contributed by atoms with Gasteiger partial charge in [-0.25, -0.2) is 0 Å². The molecule has 2 aromatic rings. The van der Waals surface area contributed by atoms with Crippen molar-refractivity contribution in [1.29, 1.82) is 0 Å². The van der Waals surface area contributed by atoms with Crippen LogP contribution in [-0.2, 0) is 0 Å². The van der Waals surface area contributed by atoms with Gasteiger partial charge in [0.15, 0.2) is 5.75 Å². The van der Waals surface area contributed by atoms with Gasteiger partial charge in [-0.3, -0.25) is 4.98 Å². The first-order valence-electron chi connectivity index (χ1n) is 5.12. The lowest BCUT2D eigenvalue weighted by atomic mass is 10.2. The van der Waals surface area contributed by atoms with Gasteiger partial charge in [0, 0.05) is 5.69 Å². The second-order valence-corrected chi connectivity index (χ2v) is 3.78. The van der Waals surface area contributed by atoms with E-state index in [1.165, 1.54) is 0 Å². The molecule has 0 aliphatic carbocycles. The number of benzene rings is 1. The van der Waals surface area contributed by atoms with E-state index in [0.29, 0.717) is 17.2 Å². The molecule has 82 valence electrons. The molecule has 1 heterocycles. The highest BCUT2D eigenvalue weighted by molar-refractivity contribution is 5.55. The third-order valence-electron chi connectivity index (χ3n) is 2.28. The van der Waals surface area contributed by atoms with E-state index >= 15 is 0 Å². The van der Waals surface area contributed by atoms with E-state index in [9.17, 15) is 0 Å². The molecule has 1 aromatic carbocycles. The van der Waals surface area contributed by atoms with E-state index in [-0.39, 0.29) is 0 Å². The zero-order valence-corrected chi connectivity index (χ0v) is 9.40. The molecular weight excluding hydrogens is 200 g/mol. The summed E-state index contributed by atoms with van der Waals surface area (Å²) in [5.41, 5.74) is 8.53. The molecule has 0 saturated heterocycles. The summed E-state index contributed by atoms with van der Waals surface area (Å²) >= 11 is 0. The monoisotopic (exact) mass is 214 g/mol. The third-order valence-corrected chi connectivity index (χ3v) is 2.28. The standard InChI is InChI=1S/C13H14N2O/c1-9-3-6-12(14)13(7-9)16-11-5-4-10(2)15-8-11/h3-8H,14H2,1-2H3. The Hall–Kier alpha value is -2.03. The van der Waals surface area contributed by atoms with E-state index in [1.54, 1.807) is 6.20 Å². The normalized spacial score (nSPS) is 10.1. The number of hydrogen-bond donors (Lipinski definition) is 1. The number of ether oxygens (including phenoxy) is 1. The Kier molecular flexibility index (Phi) is 2.77. The fourth-order valence-corrected chi connectivity index (χ4v) is 1.37. The van der Waals surface area contributed by atoms with Crippen molar-refractivity contribution in [3.05, 3.63) is 47.8 Å². The lowest BCUT2D eigenvalue weighted by Crippen LogP contribution is -1.93. The Bertz CT molecular complexity index is 492. The summed E-state index contributed by atoms with van der Waals surface area (Å²) in [7, 11) is 0. The molecule has 0 aliphatic heterocycles. The number of nitrogens with zero attached hydrogens (tertiary/aromatic N) is 1. The molecule has 1 aromatic heterocycles. The van der Waals surface area contributed by atoms with Gasteiger partial charge in [0.05, 0.1) is 11.9 Å². The molecule has 0 aliphatic rings. The number of hydrogen-bond acceptors (Lipinski definition) is 3. The number of aryl methyl sites for hydroxylation is 2. The van der Waals surface area contributed by atoms with Crippen molar-refractivity contribution in [2.24, 2.45) is 0 Å². The summed E-state index contributed by atoms with van der Waals surface area (Å²) < 4.78 is 5.66. The molecule has 3 heteroatoms. The van der Waals surface area contributed by atoms with Crippen molar-refractivity contribution in [3.8, 4) is 11.5 Å². The maximum Gasteiger partial charge on any atom is 0.150 e. The minimum Gasteiger partial charge on any atom is -0.454 e. The molecule has 0 fully saturated rings. The molecule has 0 saturated carbocycles. The first-order valence-corrected chi connectivity index (χ1v) is 5.12. The minimum absolute atomic E-state index is 0.631. The highest BCUT2D eigenvalue weighted by atomic mass is 16.5. The second kappa shape index (κ2) is 4.23. The second-order valence-electron chi connectivity index (χ2n) is 3.78. The molecule has 0 atom stereocenters. The number of pyridine rings is 1. The van der Waals surface area contributed by atoms with Crippen LogP contribution in [0.25, 0.3) is 0 Å². The Morgan fingerprint density at radius 2 is 1.94 bits per heavy atom. The summed E-state index contributed by atoms with van der Waals surface area (Å²) in [6.07, 6.45) is 1.69. The number of nitrogens with two attached hydrogens (primary N) is 1. The molecule has 2 rings (SSSR count). The fourth-order valence-electron chi connectivity index (χ4n) is 1.37. The van der Waals surface area contributed by atoms with Gasteiger partial charge in [0.1, 0.15) is 5.75 Å². The maximum absolute atomic E-state index is 5.82. The number of nitrogen functional groups attached to an aromatic ring is 1. The van der Waals surface area contributed by atoms with E-state index in [4.69, 9.17) is 10.5 Å². The van der Waals surface area contributed by atoms with Crippen molar-refractivity contribution < 1.29 is 4.74 Å². The Morgan fingerprint density at radius 3 is 2.62 bits per heavy atom. The van der Waals surface area contributed by atoms with Gasteiger partial charge < -0.3 is 10.5 Å². The molecular formula is C13H14N2O. The van der Waals surface area contributed by atoms with Crippen LogP contribution in [0.2, 0.25) is 0 Å². The highest BCUT2D eigenvalue weighted by Gasteiger charge is 2.02. The first-order chi connectivity index (χ1) is 7.65. The molecule has 0 bridgehead atoms. The molecule has 0 unspecified atom stereocenters. The molecule has 0 radical (unpaired) electrons. The van der Waals surface area contributed by atoms with Gasteiger partial charge in [-0.1, -0.05) is 6.07 Å².